The number of pyridine rings is 1. The van der Waals surface area contributed by atoms with Crippen LogP contribution in [0.4, 0.5) is 4.39 Å². The number of aryl methyl sites for hydroxylation is 1. The van der Waals surface area contributed by atoms with Crippen molar-refractivity contribution >= 4 is 0 Å². The van der Waals surface area contributed by atoms with Gasteiger partial charge in [0.05, 0.1) is 11.2 Å². The minimum absolute atomic E-state index is 0.0442. The number of ether oxygens (including phenoxy) is 1. The maximum Gasteiger partial charge on any atom is 0.123 e. The van der Waals surface area contributed by atoms with Crippen molar-refractivity contribution in [2.75, 3.05) is 6.54 Å². The van der Waals surface area contributed by atoms with Crippen LogP contribution >= 0.6 is 0 Å². The fraction of sp³-hybridized carbons (Fsp3) is 0.542. The average molecular weight is 385 g/mol. The van der Waals surface area contributed by atoms with Gasteiger partial charge in [-0.1, -0.05) is 18.2 Å². The van der Waals surface area contributed by atoms with Gasteiger partial charge in [-0.2, -0.15) is 0 Å². The van der Waals surface area contributed by atoms with E-state index in [1.165, 1.54) is 11.1 Å². The van der Waals surface area contributed by atoms with Gasteiger partial charge in [0.15, 0.2) is 0 Å². The SMILES string of the molecule is Cc1ccc(CNCCC2(c3ccc(F)cc3)CC(C)(C)OC(C)(C)C2)cn1. The molecule has 3 nitrogen and oxygen atoms in total. The lowest BCUT2D eigenvalue weighted by Gasteiger charge is -2.52. The summed E-state index contributed by atoms with van der Waals surface area (Å²) in [6, 6.07) is 11.2. The molecule has 1 fully saturated rings. The molecule has 1 aliphatic heterocycles. The largest absolute Gasteiger partial charge is 0.370 e. The van der Waals surface area contributed by atoms with Crippen molar-refractivity contribution in [3.8, 4) is 0 Å². The van der Waals surface area contributed by atoms with Crippen molar-refractivity contribution in [1.29, 1.82) is 0 Å². The summed E-state index contributed by atoms with van der Waals surface area (Å²) in [7, 11) is 0. The maximum atomic E-state index is 13.6. The third kappa shape index (κ3) is 5.18. The number of nitrogens with zero attached hydrogens (tertiary/aromatic N) is 1. The quantitative estimate of drug-likeness (QED) is 0.685. The van der Waals surface area contributed by atoms with Crippen LogP contribution in [0.15, 0.2) is 42.6 Å². The summed E-state index contributed by atoms with van der Waals surface area (Å²) >= 11 is 0. The Labute approximate surface area is 168 Å². The van der Waals surface area contributed by atoms with E-state index in [1.807, 2.05) is 31.3 Å². The van der Waals surface area contributed by atoms with Crippen molar-refractivity contribution in [3.05, 3.63) is 65.2 Å². The molecule has 28 heavy (non-hydrogen) atoms. The fourth-order valence-electron chi connectivity index (χ4n) is 5.00. The average Bonchev–Trinajstić information content (AvgIpc) is 2.58. The zero-order valence-electron chi connectivity index (χ0n) is 17.8. The van der Waals surface area contributed by atoms with E-state index in [-0.39, 0.29) is 22.4 Å². The van der Waals surface area contributed by atoms with Crippen LogP contribution < -0.4 is 5.32 Å². The highest BCUT2D eigenvalue weighted by atomic mass is 19.1. The highest BCUT2D eigenvalue weighted by Crippen LogP contribution is 2.49. The Hall–Kier alpha value is -1.78. The molecule has 1 aliphatic rings. The van der Waals surface area contributed by atoms with Gasteiger partial charge in [-0.25, -0.2) is 4.39 Å². The van der Waals surface area contributed by atoms with Crippen LogP contribution in [0.1, 0.15) is 63.8 Å². The summed E-state index contributed by atoms with van der Waals surface area (Å²) in [4.78, 5) is 4.36. The van der Waals surface area contributed by atoms with Crippen LogP contribution in [0.3, 0.4) is 0 Å². The molecule has 0 aliphatic carbocycles. The first-order chi connectivity index (χ1) is 13.1. The van der Waals surface area contributed by atoms with Gasteiger partial charge in [-0.15, -0.1) is 0 Å². The summed E-state index contributed by atoms with van der Waals surface area (Å²) in [5.41, 5.74) is 2.93. The van der Waals surface area contributed by atoms with Gasteiger partial charge in [0.2, 0.25) is 0 Å². The van der Waals surface area contributed by atoms with Gasteiger partial charge in [0.1, 0.15) is 5.82 Å². The third-order valence-corrected chi connectivity index (χ3v) is 5.62. The highest BCUT2D eigenvalue weighted by molar-refractivity contribution is 5.29. The van der Waals surface area contributed by atoms with E-state index in [9.17, 15) is 4.39 Å². The van der Waals surface area contributed by atoms with Gasteiger partial charge in [0, 0.05) is 23.9 Å². The number of rotatable bonds is 6. The molecule has 0 saturated carbocycles. The normalized spacial score (nSPS) is 20.1. The van der Waals surface area contributed by atoms with E-state index in [0.29, 0.717) is 0 Å². The predicted octanol–water partition coefficient (Wildman–Crippen LogP) is 5.31. The third-order valence-electron chi connectivity index (χ3n) is 5.62. The minimum atomic E-state index is -0.225. The zero-order valence-corrected chi connectivity index (χ0v) is 17.8. The van der Waals surface area contributed by atoms with E-state index in [4.69, 9.17) is 4.74 Å². The van der Waals surface area contributed by atoms with Crippen LogP contribution in [0.5, 0.6) is 0 Å². The maximum absolute atomic E-state index is 13.6. The molecule has 4 heteroatoms. The Morgan fingerprint density at radius 3 is 2.21 bits per heavy atom. The second-order valence-corrected chi connectivity index (χ2v) is 9.50. The summed E-state index contributed by atoms with van der Waals surface area (Å²) in [5, 5.41) is 3.57. The predicted molar refractivity (Wildman–Crippen MR) is 112 cm³/mol. The Morgan fingerprint density at radius 2 is 1.64 bits per heavy atom. The van der Waals surface area contributed by atoms with Gasteiger partial charge in [-0.05, 0) is 89.8 Å². The van der Waals surface area contributed by atoms with Crippen LogP contribution in [0.25, 0.3) is 0 Å². The Balaban J connectivity index is 1.76. The molecule has 0 atom stereocenters. The molecule has 0 spiro atoms. The number of aromatic nitrogens is 1. The molecular formula is C24H33FN2O. The number of hydrogen-bond acceptors (Lipinski definition) is 3. The van der Waals surface area contributed by atoms with Crippen molar-refractivity contribution in [1.82, 2.24) is 10.3 Å². The van der Waals surface area contributed by atoms with E-state index in [1.54, 1.807) is 12.1 Å². The fourth-order valence-corrected chi connectivity index (χ4v) is 5.00. The molecule has 0 bridgehead atoms. The van der Waals surface area contributed by atoms with Crippen molar-refractivity contribution in [3.63, 3.8) is 0 Å². The standard InChI is InChI=1S/C24H33FN2O/c1-18-6-7-19(15-27-18)14-26-13-12-24(20-8-10-21(25)11-9-20)16-22(2,3)28-23(4,5)17-24/h6-11,15,26H,12-14,16-17H2,1-5H3. The minimum Gasteiger partial charge on any atom is -0.370 e. The Bertz CT molecular complexity index is 765. The molecular weight excluding hydrogens is 351 g/mol. The van der Waals surface area contributed by atoms with Crippen LogP contribution in [0.2, 0.25) is 0 Å². The molecule has 1 aromatic carbocycles. The van der Waals surface area contributed by atoms with Crippen LogP contribution in [0, 0.1) is 12.7 Å². The number of benzene rings is 1. The summed E-state index contributed by atoms with van der Waals surface area (Å²) < 4.78 is 19.9. The molecule has 3 rings (SSSR count). The van der Waals surface area contributed by atoms with E-state index in [2.05, 4.69) is 44.1 Å². The van der Waals surface area contributed by atoms with Crippen LogP contribution in [-0.2, 0) is 16.7 Å². The molecule has 2 aromatic rings. The molecule has 0 unspecified atom stereocenters. The Kier molecular flexibility index (Phi) is 5.92. The van der Waals surface area contributed by atoms with Gasteiger partial charge >= 0.3 is 0 Å². The first-order valence-corrected chi connectivity index (χ1v) is 10.2. The first kappa shape index (κ1) is 20.9. The van der Waals surface area contributed by atoms with E-state index >= 15 is 0 Å². The zero-order chi connectivity index (χ0) is 20.4. The van der Waals surface area contributed by atoms with E-state index < -0.39 is 0 Å². The number of hydrogen-bond donors (Lipinski definition) is 1. The van der Waals surface area contributed by atoms with Gasteiger partial charge in [0.25, 0.3) is 0 Å². The van der Waals surface area contributed by atoms with Crippen molar-refractivity contribution < 1.29 is 9.13 Å². The lowest BCUT2D eigenvalue weighted by atomic mass is 9.63. The summed E-state index contributed by atoms with van der Waals surface area (Å²) in [6.07, 6.45) is 4.75. The monoisotopic (exact) mass is 384 g/mol. The summed E-state index contributed by atoms with van der Waals surface area (Å²) in [5.74, 6) is -0.186. The smallest absolute Gasteiger partial charge is 0.123 e. The van der Waals surface area contributed by atoms with Crippen LogP contribution in [-0.4, -0.2) is 22.7 Å². The number of nitrogens with one attached hydrogen (secondary N) is 1. The molecule has 0 amide bonds. The molecule has 0 radical (unpaired) electrons. The molecule has 2 heterocycles. The lowest BCUT2D eigenvalue weighted by Crippen LogP contribution is -2.53. The van der Waals surface area contributed by atoms with Crippen molar-refractivity contribution in [2.24, 2.45) is 0 Å². The van der Waals surface area contributed by atoms with Crippen molar-refractivity contribution in [2.45, 2.75) is 77.0 Å². The van der Waals surface area contributed by atoms with E-state index in [0.717, 1.165) is 38.0 Å². The molecule has 152 valence electrons. The first-order valence-electron chi connectivity index (χ1n) is 10.2. The lowest BCUT2D eigenvalue weighted by molar-refractivity contribution is -0.181. The second kappa shape index (κ2) is 7.92. The molecule has 1 saturated heterocycles. The summed E-state index contributed by atoms with van der Waals surface area (Å²) in [6.45, 7) is 12.3. The van der Waals surface area contributed by atoms with Gasteiger partial charge in [-0.3, -0.25) is 4.98 Å². The molecule has 1 aromatic heterocycles. The molecule has 1 N–H and O–H groups in total. The van der Waals surface area contributed by atoms with Gasteiger partial charge < -0.3 is 10.1 Å². The highest BCUT2D eigenvalue weighted by Gasteiger charge is 2.48. The number of halogens is 1. The second-order valence-electron chi connectivity index (χ2n) is 9.50. The Morgan fingerprint density at radius 1 is 1.00 bits per heavy atom. The topological polar surface area (TPSA) is 34.1 Å².